The molecule has 0 radical (unpaired) electrons. The molecule has 3 rings (SSSR count). The van der Waals surface area contributed by atoms with Crippen molar-refractivity contribution in [3.63, 3.8) is 0 Å². The molecule has 0 aliphatic carbocycles. The molecule has 3 N–H and O–H groups in total. The predicted molar refractivity (Wildman–Crippen MR) is 101 cm³/mol. The molecule has 6 nitrogen and oxygen atoms in total. The smallest absolute Gasteiger partial charge is 0.322 e. The van der Waals surface area contributed by atoms with Gasteiger partial charge in [-0.05, 0) is 40.7 Å². The highest BCUT2D eigenvalue weighted by molar-refractivity contribution is 5.92. The highest BCUT2D eigenvalue weighted by Gasteiger charge is 2.23. The Morgan fingerprint density at radius 3 is 2.54 bits per heavy atom. The summed E-state index contributed by atoms with van der Waals surface area (Å²) in [5.74, 6) is -0.592. The number of carbonyl (C=O) groups is 2. The molecule has 0 spiro atoms. The first kappa shape index (κ1) is 17.9. The first-order chi connectivity index (χ1) is 12.2. The van der Waals surface area contributed by atoms with E-state index in [0.717, 1.165) is 6.42 Å². The second-order valence-electron chi connectivity index (χ2n) is 7.63. The van der Waals surface area contributed by atoms with Crippen LogP contribution >= 0.6 is 0 Å². The SMILES string of the molecule is CC(C)(C)c1ccc2c(c1)CN(C(=O)Nc1ccc(C(N)=O)nc1)CC2. The lowest BCUT2D eigenvalue weighted by atomic mass is 9.84. The zero-order valence-electron chi connectivity index (χ0n) is 15.4. The lowest BCUT2D eigenvalue weighted by Gasteiger charge is -2.30. The van der Waals surface area contributed by atoms with Gasteiger partial charge in [0.05, 0.1) is 11.9 Å². The summed E-state index contributed by atoms with van der Waals surface area (Å²) in [6.45, 7) is 7.80. The maximum Gasteiger partial charge on any atom is 0.322 e. The molecule has 1 aromatic heterocycles. The lowest BCUT2D eigenvalue weighted by molar-refractivity contribution is 0.0995. The minimum absolute atomic E-state index is 0.0768. The number of pyridine rings is 1. The van der Waals surface area contributed by atoms with Crippen LogP contribution < -0.4 is 11.1 Å². The standard InChI is InChI=1S/C20H24N4O2/c1-20(2,3)15-5-4-13-8-9-24(12-14(13)10-15)19(26)23-16-6-7-17(18(21)25)22-11-16/h4-7,10-11H,8-9,12H2,1-3H3,(H2,21,25)(H,23,26). The van der Waals surface area contributed by atoms with Gasteiger partial charge < -0.3 is 16.0 Å². The Balaban J connectivity index is 1.71. The molecule has 0 saturated heterocycles. The quantitative estimate of drug-likeness (QED) is 0.870. The Morgan fingerprint density at radius 2 is 1.92 bits per heavy atom. The van der Waals surface area contributed by atoms with E-state index in [4.69, 9.17) is 5.73 Å². The van der Waals surface area contributed by atoms with Gasteiger partial charge in [0.1, 0.15) is 5.69 Å². The number of nitrogens with zero attached hydrogens (tertiary/aromatic N) is 2. The summed E-state index contributed by atoms with van der Waals surface area (Å²) < 4.78 is 0. The highest BCUT2D eigenvalue weighted by Crippen LogP contribution is 2.27. The second kappa shape index (κ2) is 6.78. The topological polar surface area (TPSA) is 88.3 Å². The van der Waals surface area contributed by atoms with Crippen molar-refractivity contribution in [1.82, 2.24) is 9.88 Å². The Bertz CT molecular complexity index is 838. The number of hydrogen-bond acceptors (Lipinski definition) is 3. The largest absolute Gasteiger partial charge is 0.364 e. The number of amides is 3. The molecule has 0 atom stereocenters. The van der Waals surface area contributed by atoms with Crippen LogP contribution in [0.2, 0.25) is 0 Å². The van der Waals surface area contributed by atoms with Gasteiger partial charge in [0.15, 0.2) is 0 Å². The number of benzene rings is 1. The van der Waals surface area contributed by atoms with E-state index >= 15 is 0 Å². The van der Waals surface area contributed by atoms with Gasteiger partial charge in [-0.15, -0.1) is 0 Å². The number of urea groups is 1. The van der Waals surface area contributed by atoms with Gasteiger partial charge in [-0.2, -0.15) is 0 Å². The Labute approximate surface area is 153 Å². The number of nitrogens with two attached hydrogens (primary N) is 1. The van der Waals surface area contributed by atoms with E-state index in [0.29, 0.717) is 18.8 Å². The molecule has 2 heterocycles. The number of fused-ring (bicyclic) bond motifs is 1. The van der Waals surface area contributed by atoms with E-state index in [-0.39, 0.29) is 17.1 Å². The third-order valence-corrected chi connectivity index (χ3v) is 4.64. The van der Waals surface area contributed by atoms with Gasteiger partial charge in [-0.3, -0.25) is 4.79 Å². The van der Waals surface area contributed by atoms with Crippen LogP contribution in [0.3, 0.4) is 0 Å². The summed E-state index contributed by atoms with van der Waals surface area (Å²) in [5.41, 5.74) is 9.72. The molecular weight excluding hydrogens is 328 g/mol. The van der Waals surface area contributed by atoms with Crippen LogP contribution in [0.1, 0.15) is 48.0 Å². The van der Waals surface area contributed by atoms with E-state index in [1.54, 1.807) is 11.0 Å². The average molecular weight is 352 g/mol. The first-order valence-corrected chi connectivity index (χ1v) is 8.68. The fraction of sp³-hybridized carbons (Fsp3) is 0.350. The van der Waals surface area contributed by atoms with Crippen LogP contribution in [0.15, 0.2) is 36.5 Å². The summed E-state index contributed by atoms with van der Waals surface area (Å²) >= 11 is 0. The van der Waals surface area contributed by atoms with Gasteiger partial charge in [-0.1, -0.05) is 39.0 Å². The summed E-state index contributed by atoms with van der Waals surface area (Å²) in [5, 5.41) is 2.83. The van der Waals surface area contributed by atoms with Crippen LogP contribution in [0.5, 0.6) is 0 Å². The summed E-state index contributed by atoms with van der Waals surface area (Å²) in [4.78, 5) is 29.4. The number of aromatic nitrogens is 1. The third kappa shape index (κ3) is 3.85. The van der Waals surface area contributed by atoms with E-state index in [2.05, 4.69) is 49.3 Å². The fourth-order valence-electron chi connectivity index (χ4n) is 3.01. The summed E-state index contributed by atoms with van der Waals surface area (Å²) in [7, 11) is 0. The molecule has 1 aliphatic heterocycles. The number of primary amides is 1. The molecule has 0 saturated carbocycles. The van der Waals surface area contributed by atoms with E-state index in [1.807, 2.05) is 0 Å². The molecule has 26 heavy (non-hydrogen) atoms. The van der Waals surface area contributed by atoms with Crippen molar-refractivity contribution in [2.24, 2.45) is 5.73 Å². The van der Waals surface area contributed by atoms with Crippen molar-refractivity contribution in [2.45, 2.75) is 39.2 Å². The molecule has 1 aromatic carbocycles. The molecule has 0 bridgehead atoms. The van der Waals surface area contributed by atoms with Crippen LogP contribution in [-0.4, -0.2) is 28.4 Å². The fourth-order valence-corrected chi connectivity index (χ4v) is 3.01. The maximum absolute atomic E-state index is 12.6. The van der Waals surface area contributed by atoms with E-state index < -0.39 is 5.91 Å². The van der Waals surface area contributed by atoms with Gasteiger partial charge >= 0.3 is 6.03 Å². The van der Waals surface area contributed by atoms with Crippen LogP contribution in [0.25, 0.3) is 0 Å². The normalized spacial score (nSPS) is 13.9. The molecule has 6 heteroatoms. The molecule has 1 aliphatic rings. The summed E-state index contributed by atoms with van der Waals surface area (Å²) in [6.07, 6.45) is 2.28. The van der Waals surface area contributed by atoms with Crippen LogP contribution in [0, 0.1) is 0 Å². The zero-order valence-corrected chi connectivity index (χ0v) is 15.4. The number of nitrogens with one attached hydrogen (secondary N) is 1. The van der Waals surface area contributed by atoms with Gasteiger partial charge in [0.2, 0.25) is 0 Å². The van der Waals surface area contributed by atoms with E-state index in [1.165, 1.54) is 29.0 Å². The molecular formula is C20H24N4O2. The third-order valence-electron chi connectivity index (χ3n) is 4.64. The minimum Gasteiger partial charge on any atom is -0.364 e. The van der Waals surface area contributed by atoms with Crippen molar-refractivity contribution in [2.75, 3.05) is 11.9 Å². The minimum atomic E-state index is -0.592. The van der Waals surface area contributed by atoms with Crippen LogP contribution in [0.4, 0.5) is 10.5 Å². The number of anilines is 1. The Hall–Kier alpha value is -2.89. The van der Waals surface area contributed by atoms with Crippen molar-refractivity contribution in [3.8, 4) is 0 Å². The van der Waals surface area contributed by atoms with Crippen molar-refractivity contribution >= 4 is 17.6 Å². The number of hydrogen-bond donors (Lipinski definition) is 2. The van der Waals surface area contributed by atoms with Crippen LogP contribution in [-0.2, 0) is 18.4 Å². The Kier molecular flexibility index (Phi) is 4.68. The Morgan fingerprint density at radius 1 is 1.15 bits per heavy atom. The molecule has 0 fully saturated rings. The molecule has 3 amide bonds. The van der Waals surface area contributed by atoms with Crippen molar-refractivity contribution in [3.05, 3.63) is 58.9 Å². The molecule has 0 unspecified atom stereocenters. The first-order valence-electron chi connectivity index (χ1n) is 8.68. The predicted octanol–water partition coefficient (Wildman–Crippen LogP) is 3.07. The van der Waals surface area contributed by atoms with E-state index in [9.17, 15) is 9.59 Å². The van der Waals surface area contributed by atoms with Gasteiger partial charge in [0, 0.05) is 13.1 Å². The number of carbonyl (C=O) groups excluding carboxylic acids is 2. The number of rotatable bonds is 2. The molecule has 136 valence electrons. The van der Waals surface area contributed by atoms with Crippen molar-refractivity contribution in [1.29, 1.82) is 0 Å². The lowest BCUT2D eigenvalue weighted by Crippen LogP contribution is -2.39. The monoisotopic (exact) mass is 352 g/mol. The second-order valence-corrected chi connectivity index (χ2v) is 7.63. The van der Waals surface area contributed by atoms with Gasteiger partial charge in [0.25, 0.3) is 5.91 Å². The average Bonchev–Trinajstić information content (AvgIpc) is 2.60. The summed E-state index contributed by atoms with van der Waals surface area (Å²) in [6, 6.07) is 9.51. The zero-order chi connectivity index (χ0) is 18.9. The highest BCUT2D eigenvalue weighted by atomic mass is 16.2. The van der Waals surface area contributed by atoms with Gasteiger partial charge in [-0.25, -0.2) is 9.78 Å². The molecule has 2 aromatic rings. The van der Waals surface area contributed by atoms with Crippen molar-refractivity contribution < 1.29 is 9.59 Å². The maximum atomic E-state index is 12.6.